The molecule has 3 N–H and O–H groups in total. The molecule has 0 aliphatic carbocycles. The molecule has 0 atom stereocenters. The predicted octanol–water partition coefficient (Wildman–Crippen LogP) is -2.14. The Hall–Kier alpha value is -1.14. The van der Waals surface area contributed by atoms with Crippen molar-refractivity contribution in [3.8, 4) is 0 Å². The van der Waals surface area contributed by atoms with E-state index in [0.29, 0.717) is 0 Å². The van der Waals surface area contributed by atoms with Crippen molar-refractivity contribution in [1.29, 1.82) is 0 Å². The number of rotatable bonds is 5. The molecule has 0 bridgehead atoms. The summed E-state index contributed by atoms with van der Waals surface area (Å²) in [5, 5.41) is 12.8. The lowest BCUT2D eigenvalue weighted by molar-refractivity contribution is -0.139. The van der Waals surface area contributed by atoms with Gasteiger partial charge in [0.1, 0.15) is 0 Å². The van der Waals surface area contributed by atoms with Gasteiger partial charge >= 0.3 is 11.8 Å². The zero-order valence-corrected chi connectivity index (χ0v) is 7.50. The number of carbonyl (C=O) groups excluding carboxylic acids is 2. The van der Waals surface area contributed by atoms with Crippen molar-refractivity contribution in [2.45, 2.75) is 0 Å². The van der Waals surface area contributed by atoms with Gasteiger partial charge in [0, 0.05) is 13.6 Å². The molecule has 0 rings (SSSR count). The summed E-state index contributed by atoms with van der Waals surface area (Å²) < 4.78 is 4.85. The SMILES string of the molecule is CNC(=O)C(=O)NCCOCCO. The van der Waals surface area contributed by atoms with E-state index >= 15 is 0 Å². The number of nitrogens with one attached hydrogen (secondary N) is 2. The second kappa shape index (κ2) is 7.51. The summed E-state index contributed by atoms with van der Waals surface area (Å²) in [6.45, 7) is 0.717. The highest BCUT2D eigenvalue weighted by atomic mass is 16.5. The number of carbonyl (C=O) groups is 2. The summed E-state index contributed by atoms with van der Waals surface area (Å²) >= 11 is 0. The van der Waals surface area contributed by atoms with Gasteiger partial charge in [-0.2, -0.15) is 0 Å². The fourth-order valence-electron chi connectivity index (χ4n) is 0.597. The second-order valence-corrected chi connectivity index (χ2v) is 2.17. The lowest BCUT2D eigenvalue weighted by Crippen LogP contribution is -2.39. The Labute approximate surface area is 76.3 Å². The van der Waals surface area contributed by atoms with Crippen molar-refractivity contribution in [3.63, 3.8) is 0 Å². The average molecular weight is 190 g/mol. The molecule has 0 saturated carbocycles. The summed E-state index contributed by atoms with van der Waals surface area (Å²) in [6, 6.07) is 0. The molecule has 0 heterocycles. The number of amides is 2. The van der Waals surface area contributed by atoms with Crippen molar-refractivity contribution in [1.82, 2.24) is 10.6 Å². The Bertz CT molecular complexity index is 172. The van der Waals surface area contributed by atoms with E-state index in [-0.39, 0.29) is 26.4 Å². The van der Waals surface area contributed by atoms with Crippen LogP contribution in [0.25, 0.3) is 0 Å². The Kier molecular flexibility index (Phi) is 6.85. The highest BCUT2D eigenvalue weighted by molar-refractivity contribution is 6.34. The lowest BCUT2D eigenvalue weighted by Gasteiger charge is -2.03. The Morgan fingerprint density at radius 3 is 2.54 bits per heavy atom. The highest BCUT2D eigenvalue weighted by Gasteiger charge is 2.08. The summed E-state index contributed by atoms with van der Waals surface area (Å²) in [5.74, 6) is -1.36. The van der Waals surface area contributed by atoms with E-state index in [1.807, 2.05) is 0 Å². The van der Waals surface area contributed by atoms with Gasteiger partial charge in [0.05, 0.1) is 19.8 Å². The third kappa shape index (κ3) is 6.06. The maximum Gasteiger partial charge on any atom is 0.309 e. The molecule has 0 unspecified atom stereocenters. The predicted molar refractivity (Wildman–Crippen MR) is 45.0 cm³/mol. The summed E-state index contributed by atoms with van der Waals surface area (Å²) in [7, 11) is 1.38. The Morgan fingerprint density at radius 2 is 2.00 bits per heavy atom. The van der Waals surface area contributed by atoms with E-state index in [1.165, 1.54) is 7.05 Å². The fourth-order valence-corrected chi connectivity index (χ4v) is 0.597. The van der Waals surface area contributed by atoms with Crippen molar-refractivity contribution < 1.29 is 19.4 Å². The zero-order valence-electron chi connectivity index (χ0n) is 7.50. The first-order valence-electron chi connectivity index (χ1n) is 3.91. The molecule has 76 valence electrons. The van der Waals surface area contributed by atoms with Crippen molar-refractivity contribution in [2.24, 2.45) is 0 Å². The normalized spacial score (nSPS) is 9.38. The van der Waals surface area contributed by atoms with Crippen LogP contribution in [-0.2, 0) is 14.3 Å². The zero-order chi connectivity index (χ0) is 10.1. The molecule has 0 aliphatic rings. The molecular formula is C7H14N2O4. The molecule has 13 heavy (non-hydrogen) atoms. The summed E-state index contributed by atoms with van der Waals surface area (Å²) in [4.78, 5) is 21.4. The van der Waals surface area contributed by atoms with Crippen LogP contribution in [0.4, 0.5) is 0 Å². The van der Waals surface area contributed by atoms with Crippen LogP contribution in [0.5, 0.6) is 0 Å². The van der Waals surface area contributed by atoms with Crippen LogP contribution in [0.1, 0.15) is 0 Å². The number of aliphatic hydroxyl groups excluding tert-OH is 1. The standard InChI is InChI=1S/C7H14N2O4/c1-8-6(11)7(12)9-2-4-13-5-3-10/h10H,2-5H2,1H3,(H,8,11)(H,9,12). The number of aliphatic hydroxyl groups is 1. The van der Waals surface area contributed by atoms with Crippen LogP contribution in [0.3, 0.4) is 0 Å². The van der Waals surface area contributed by atoms with Crippen LogP contribution < -0.4 is 10.6 Å². The number of hydrogen-bond acceptors (Lipinski definition) is 4. The van der Waals surface area contributed by atoms with Crippen molar-refractivity contribution >= 4 is 11.8 Å². The molecule has 6 heteroatoms. The smallest absolute Gasteiger partial charge is 0.309 e. The lowest BCUT2D eigenvalue weighted by atomic mass is 10.5. The molecule has 0 aromatic carbocycles. The van der Waals surface area contributed by atoms with E-state index in [0.717, 1.165) is 0 Å². The van der Waals surface area contributed by atoms with Gasteiger partial charge in [-0.1, -0.05) is 0 Å². The van der Waals surface area contributed by atoms with Gasteiger partial charge in [0.2, 0.25) is 0 Å². The van der Waals surface area contributed by atoms with Gasteiger partial charge < -0.3 is 20.5 Å². The second-order valence-electron chi connectivity index (χ2n) is 2.17. The molecule has 0 aliphatic heterocycles. The van der Waals surface area contributed by atoms with Crippen LogP contribution in [0.2, 0.25) is 0 Å². The minimum absolute atomic E-state index is 0.0522. The van der Waals surface area contributed by atoms with E-state index in [4.69, 9.17) is 9.84 Å². The van der Waals surface area contributed by atoms with Crippen LogP contribution >= 0.6 is 0 Å². The van der Waals surface area contributed by atoms with Crippen LogP contribution in [-0.4, -0.2) is 50.3 Å². The monoisotopic (exact) mass is 190 g/mol. The Morgan fingerprint density at radius 1 is 1.31 bits per heavy atom. The van der Waals surface area contributed by atoms with Crippen LogP contribution in [0, 0.1) is 0 Å². The molecule has 0 aromatic rings. The Balaban J connectivity index is 3.32. The van der Waals surface area contributed by atoms with E-state index < -0.39 is 11.8 Å². The van der Waals surface area contributed by atoms with Gasteiger partial charge in [0.15, 0.2) is 0 Å². The van der Waals surface area contributed by atoms with Crippen LogP contribution in [0.15, 0.2) is 0 Å². The quantitative estimate of drug-likeness (QED) is 0.341. The molecule has 0 aromatic heterocycles. The average Bonchev–Trinajstić information content (AvgIpc) is 2.16. The maximum absolute atomic E-state index is 10.8. The van der Waals surface area contributed by atoms with Gasteiger partial charge in [0.25, 0.3) is 0 Å². The van der Waals surface area contributed by atoms with Gasteiger partial charge in [-0.25, -0.2) is 0 Å². The van der Waals surface area contributed by atoms with E-state index in [1.54, 1.807) is 0 Å². The summed E-state index contributed by atoms with van der Waals surface area (Å²) in [5.41, 5.74) is 0. The van der Waals surface area contributed by atoms with E-state index in [9.17, 15) is 9.59 Å². The van der Waals surface area contributed by atoms with Crippen molar-refractivity contribution in [2.75, 3.05) is 33.4 Å². The maximum atomic E-state index is 10.8. The third-order valence-corrected chi connectivity index (χ3v) is 1.20. The molecule has 2 amide bonds. The molecular weight excluding hydrogens is 176 g/mol. The fraction of sp³-hybridized carbons (Fsp3) is 0.714. The van der Waals surface area contributed by atoms with Crippen molar-refractivity contribution in [3.05, 3.63) is 0 Å². The molecule has 6 nitrogen and oxygen atoms in total. The number of hydrogen-bond donors (Lipinski definition) is 3. The first-order chi connectivity index (χ1) is 6.22. The third-order valence-electron chi connectivity index (χ3n) is 1.20. The minimum Gasteiger partial charge on any atom is -0.394 e. The molecule has 0 spiro atoms. The largest absolute Gasteiger partial charge is 0.394 e. The summed E-state index contributed by atoms with van der Waals surface area (Å²) in [6.07, 6.45) is 0. The molecule has 0 fully saturated rings. The molecule has 0 radical (unpaired) electrons. The topological polar surface area (TPSA) is 87.7 Å². The number of likely N-dealkylation sites (N-methyl/N-ethyl adjacent to an activating group) is 1. The number of ether oxygens (including phenoxy) is 1. The highest BCUT2D eigenvalue weighted by Crippen LogP contribution is 1.72. The first-order valence-corrected chi connectivity index (χ1v) is 3.91. The first kappa shape index (κ1) is 11.9. The van der Waals surface area contributed by atoms with E-state index in [2.05, 4.69) is 10.6 Å². The minimum atomic E-state index is -0.685. The van der Waals surface area contributed by atoms with Gasteiger partial charge in [-0.05, 0) is 0 Å². The molecule has 0 saturated heterocycles. The van der Waals surface area contributed by atoms with Gasteiger partial charge in [-0.15, -0.1) is 0 Å². The van der Waals surface area contributed by atoms with Gasteiger partial charge in [-0.3, -0.25) is 9.59 Å².